The standard InChI is InChI=1S/C14H10ClN5/c1-9-5-11(10-3-2-4-17-8-10)12(7-16)14-18-13(6-15)19-20(9)14/h2-5,8H,6H2,1H3. The van der Waals surface area contributed by atoms with Crippen LogP contribution in [-0.2, 0) is 5.88 Å². The Morgan fingerprint density at radius 3 is 2.95 bits per heavy atom. The molecule has 0 radical (unpaired) electrons. The minimum absolute atomic E-state index is 0.216. The summed E-state index contributed by atoms with van der Waals surface area (Å²) in [5.41, 5.74) is 3.58. The Balaban J connectivity index is 2.37. The maximum atomic E-state index is 9.47. The lowest BCUT2D eigenvalue weighted by Gasteiger charge is -2.07. The lowest BCUT2D eigenvalue weighted by molar-refractivity contribution is 0.886. The number of nitrogens with zero attached hydrogens (tertiary/aromatic N) is 5. The maximum Gasteiger partial charge on any atom is 0.174 e. The average Bonchev–Trinajstić information content (AvgIpc) is 2.93. The third-order valence-electron chi connectivity index (χ3n) is 3.04. The summed E-state index contributed by atoms with van der Waals surface area (Å²) in [7, 11) is 0. The molecule has 0 unspecified atom stereocenters. The minimum atomic E-state index is 0.216. The quantitative estimate of drug-likeness (QED) is 0.678. The number of aryl methyl sites for hydroxylation is 1. The Labute approximate surface area is 120 Å². The van der Waals surface area contributed by atoms with Crippen molar-refractivity contribution in [2.24, 2.45) is 0 Å². The summed E-state index contributed by atoms with van der Waals surface area (Å²) in [5, 5.41) is 13.7. The van der Waals surface area contributed by atoms with Crippen LogP contribution >= 0.6 is 11.6 Å². The van der Waals surface area contributed by atoms with E-state index in [-0.39, 0.29) is 5.88 Å². The van der Waals surface area contributed by atoms with Crippen LogP contribution in [-0.4, -0.2) is 19.6 Å². The molecule has 0 amide bonds. The normalized spacial score (nSPS) is 10.7. The minimum Gasteiger partial charge on any atom is -0.264 e. The predicted molar refractivity (Wildman–Crippen MR) is 75.2 cm³/mol. The molecule has 0 aliphatic heterocycles. The first-order valence-electron chi connectivity index (χ1n) is 6.00. The van der Waals surface area contributed by atoms with Crippen molar-refractivity contribution in [2.45, 2.75) is 12.8 Å². The SMILES string of the molecule is Cc1cc(-c2cccnc2)c(C#N)c2nc(CCl)nn12. The van der Waals surface area contributed by atoms with Gasteiger partial charge in [-0.3, -0.25) is 4.98 Å². The zero-order valence-electron chi connectivity index (χ0n) is 10.7. The molecular weight excluding hydrogens is 274 g/mol. The maximum absolute atomic E-state index is 9.47. The summed E-state index contributed by atoms with van der Waals surface area (Å²) in [6.45, 7) is 1.92. The lowest BCUT2D eigenvalue weighted by atomic mass is 10.0. The van der Waals surface area contributed by atoms with Crippen LogP contribution in [0.4, 0.5) is 0 Å². The smallest absolute Gasteiger partial charge is 0.174 e. The second kappa shape index (κ2) is 4.91. The molecule has 0 aliphatic carbocycles. The van der Waals surface area contributed by atoms with Crippen molar-refractivity contribution < 1.29 is 0 Å². The van der Waals surface area contributed by atoms with E-state index in [0.29, 0.717) is 17.0 Å². The molecule has 3 aromatic rings. The largest absolute Gasteiger partial charge is 0.264 e. The van der Waals surface area contributed by atoms with Crippen LogP contribution in [0.2, 0.25) is 0 Å². The Kier molecular flexibility index (Phi) is 3.09. The van der Waals surface area contributed by atoms with E-state index in [1.165, 1.54) is 0 Å². The third kappa shape index (κ3) is 1.91. The van der Waals surface area contributed by atoms with Gasteiger partial charge in [0.15, 0.2) is 11.5 Å². The fourth-order valence-electron chi connectivity index (χ4n) is 2.14. The van der Waals surface area contributed by atoms with Gasteiger partial charge in [0, 0.05) is 29.2 Å². The van der Waals surface area contributed by atoms with Gasteiger partial charge in [0.25, 0.3) is 0 Å². The summed E-state index contributed by atoms with van der Waals surface area (Å²) >= 11 is 5.77. The molecule has 0 N–H and O–H groups in total. The number of alkyl halides is 1. The number of halogens is 1. The monoisotopic (exact) mass is 283 g/mol. The molecule has 0 bridgehead atoms. The first-order valence-corrected chi connectivity index (χ1v) is 6.53. The van der Waals surface area contributed by atoms with Gasteiger partial charge in [-0.15, -0.1) is 16.7 Å². The van der Waals surface area contributed by atoms with E-state index in [2.05, 4.69) is 21.1 Å². The molecule has 98 valence electrons. The van der Waals surface area contributed by atoms with Gasteiger partial charge < -0.3 is 0 Å². The lowest BCUT2D eigenvalue weighted by Crippen LogP contribution is -1.99. The van der Waals surface area contributed by atoms with Crippen molar-refractivity contribution in [3.8, 4) is 17.2 Å². The molecule has 3 rings (SSSR count). The van der Waals surface area contributed by atoms with Crippen molar-refractivity contribution in [3.05, 3.63) is 47.7 Å². The molecule has 3 aromatic heterocycles. The second-order valence-corrected chi connectivity index (χ2v) is 4.59. The molecular formula is C14H10ClN5. The van der Waals surface area contributed by atoms with E-state index in [1.54, 1.807) is 16.9 Å². The van der Waals surface area contributed by atoms with Gasteiger partial charge in [-0.2, -0.15) is 5.26 Å². The molecule has 5 nitrogen and oxygen atoms in total. The molecule has 6 heteroatoms. The first kappa shape index (κ1) is 12.6. The van der Waals surface area contributed by atoms with Gasteiger partial charge in [-0.05, 0) is 19.1 Å². The molecule has 0 fully saturated rings. The molecule has 20 heavy (non-hydrogen) atoms. The Morgan fingerprint density at radius 1 is 1.45 bits per heavy atom. The van der Waals surface area contributed by atoms with E-state index in [0.717, 1.165) is 16.8 Å². The van der Waals surface area contributed by atoms with Crippen LogP contribution in [0.25, 0.3) is 16.8 Å². The zero-order valence-corrected chi connectivity index (χ0v) is 11.5. The highest BCUT2D eigenvalue weighted by molar-refractivity contribution is 6.16. The topological polar surface area (TPSA) is 66.9 Å². The molecule has 0 saturated heterocycles. The number of pyridine rings is 2. The summed E-state index contributed by atoms with van der Waals surface area (Å²) in [5.74, 6) is 0.725. The highest BCUT2D eigenvalue weighted by Crippen LogP contribution is 2.26. The highest BCUT2D eigenvalue weighted by atomic mass is 35.5. The van der Waals surface area contributed by atoms with Crippen LogP contribution in [0, 0.1) is 18.3 Å². The van der Waals surface area contributed by atoms with E-state index >= 15 is 0 Å². The highest BCUT2D eigenvalue weighted by Gasteiger charge is 2.15. The second-order valence-electron chi connectivity index (χ2n) is 4.32. The molecule has 3 heterocycles. The van der Waals surface area contributed by atoms with Crippen molar-refractivity contribution in [1.82, 2.24) is 19.6 Å². The molecule has 0 atom stereocenters. The van der Waals surface area contributed by atoms with E-state index in [9.17, 15) is 5.26 Å². The molecule has 0 spiro atoms. The summed E-state index contributed by atoms with van der Waals surface area (Å²) in [4.78, 5) is 8.42. The molecule has 0 aromatic carbocycles. The fraction of sp³-hybridized carbons (Fsp3) is 0.143. The zero-order chi connectivity index (χ0) is 14.1. The third-order valence-corrected chi connectivity index (χ3v) is 3.27. The van der Waals surface area contributed by atoms with Crippen LogP contribution in [0.15, 0.2) is 30.6 Å². The van der Waals surface area contributed by atoms with Gasteiger partial charge in [0.05, 0.1) is 5.88 Å². The number of hydrogen-bond acceptors (Lipinski definition) is 4. The van der Waals surface area contributed by atoms with E-state index in [4.69, 9.17) is 11.6 Å². The number of rotatable bonds is 2. The van der Waals surface area contributed by atoms with Gasteiger partial charge in [-0.1, -0.05) is 6.07 Å². The summed E-state index contributed by atoms with van der Waals surface area (Å²) in [6, 6.07) is 7.87. The van der Waals surface area contributed by atoms with Gasteiger partial charge in [-0.25, -0.2) is 9.50 Å². The predicted octanol–water partition coefficient (Wildman–Crippen LogP) is 2.71. The van der Waals surface area contributed by atoms with Crippen LogP contribution in [0.5, 0.6) is 0 Å². The van der Waals surface area contributed by atoms with Crippen LogP contribution in [0.1, 0.15) is 17.1 Å². The van der Waals surface area contributed by atoms with Crippen LogP contribution in [0.3, 0.4) is 0 Å². The Hall–Kier alpha value is -2.45. The Morgan fingerprint density at radius 2 is 2.30 bits per heavy atom. The van der Waals surface area contributed by atoms with Crippen molar-refractivity contribution in [2.75, 3.05) is 0 Å². The van der Waals surface area contributed by atoms with Crippen molar-refractivity contribution >= 4 is 17.2 Å². The van der Waals surface area contributed by atoms with E-state index in [1.807, 2.05) is 25.1 Å². The van der Waals surface area contributed by atoms with E-state index < -0.39 is 0 Å². The number of hydrogen-bond donors (Lipinski definition) is 0. The number of nitriles is 1. The number of aromatic nitrogens is 4. The van der Waals surface area contributed by atoms with Gasteiger partial charge in [0.2, 0.25) is 0 Å². The molecule has 0 aliphatic rings. The van der Waals surface area contributed by atoms with Crippen molar-refractivity contribution in [1.29, 1.82) is 5.26 Å². The van der Waals surface area contributed by atoms with Crippen molar-refractivity contribution in [3.63, 3.8) is 0 Å². The Bertz CT molecular complexity index is 817. The molecule has 0 saturated carbocycles. The number of fused-ring (bicyclic) bond motifs is 1. The average molecular weight is 284 g/mol. The fourth-order valence-corrected chi connectivity index (χ4v) is 2.25. The first-order chi connectivity index (χ1) is 9.74. The van der Waals surface area contributed by atoms with Crippen LogP contribution < -0.4 is 0 Å². The summed E-state index contributed by atoms with van der Waals surface area (Å²) < 4.78 is 1.65. The van der Waals surface area contributed by atoms with Gasteiger partial charge >= 0.3 is 0 Å². The summed E-state index contributed by atoms with van der Waals surface area (Å²) in [6.07, 6.45) is 3.43. The van der Waals surface area contributed by atoms with Gasteiger partial charge in [0.1, 0.15) is 11.6 Å².